The number of aliphatic carboxylic acids is 1. The Kier molecular flexibility index (Phi) is 40.6. The van der Waals surface area contributed by atoms with Gasteiger partial charge in [-0.15, -0.1) is 13.2 Å². The fourth-order valence-corrected chi connectivity index (χ4v) is 4.00. The second-order valence-electron chi connectivity index (χ2n) is 12.1. The number of aliphatic hydroxyl groups is 1. The van der Waals surface area contributed by atoms with Crippen molar-refractivity contribution >= 4 is 5.97 Å². The molecule has 0 aliphatic heterocycles. The molecule has 0 saturated heterocycles. The van der Waals surface area contributed by atoms with E-state index in [1.54, 1.807) is 54.6 Å². The van der Waals surface area contributed by atoms with E-state index in [-0.39, 0.29) is 49.5 Å². The number of halogens is 4. The van der Waals surface area contributed by atoms with Gasteiger partial charge in [0, 0.05) is 14.7 Å². The van der Waals surface area contributed by atoms with Crippen LogP contribution in [0, 0.1) is 0 Å². The fraction of sp³-hybridized carbons (Fsp3) is 0.432. The van der Waals surface area contributed by atoms with Crippen LogP contribution < -0.4 is 0 Å². The van der Waals surface area contributed by atoms with Gasteiger partial charge in [0.2, 0.25) is 6.10 Å². The number of aliphatic hydroxyl groups excluding tert-OH is 1. The van der Waals surface area contributed by atoms with Crippen molar-refractivity contribution in [3.63, 3.8) is 0 Å². The summed E-state index contributed by atoms with van der Waals surface area (Å²) in [5.41, 5.74) is 27.9. The van der Waals surface area contributed by atoms with E-state index in [2.05, 4.69) is 63.2 Å². The maximum Gasteiger partial charge on any atom is 0.339 e. The molecule has 0 aliphatic carbocycles. The lowest BCUT2D eigenvalue weighted by Crippen LogP contribution is -2.44. The zero-order valence-electron chi connectivity index (χ0n) is 32.9. The lowest BCUT2D eigenvalue weighted by atomic mass is 10.2. The highest BCUT2D eigenvalue weighted by Crippen LogP contribution is 2.25. The van der Waals surface area contributed by atoms with Crippen LogP contribution in [0.1, 0.15) is 67.2 Å². The van der Waals surface area contributed by atoms with Crippen LogP contribution in [-0.2, 0) is 38.8 Å². The quantitative estimate of drug-likeness (QED) is 0.0347. The maximum absolute atomic E-state index is 13.5. The van der Waals surface area contributed by atoms with Crippen LogP contribution in [0.3, 0.4) is 0 Å². The van der Waals surface area contributed by atoms with Crippen molar-refractivity contribution in [2.45, 2.75) is 107 Å². The van der Waals surface area contributed by atoms with E-state index >= 15 is 0 Å². The van der Waals surface area contributed by atoms with Gasteiger partial charge in [-0.1, -0.05) is 160 Å². The molecule has 4 atom stereocenters. The van der Waals surface area contributed by atoms with E-state index in [1.165, 1.54) is 11.6 Å². The summed E-state index contributed by atoms with van der Waals surface area (Å²) in [6.45, 7) is 11.0. The minimum atomic E-state index is -3.77. The Bertz CT molecular complexity index is 1820. The van der Waals surface area contributed by atoms with Crippen LogP contribution >= 0.6 is 0 Å². The number of allylic oxidation sites excluding steroid dienone is 2. The molecule has 0 aliphatic rings. The molecule has 0 saturated carbocycles. The molecule has 0 aromatic heterocycles. The average Bonchev–Trinajstić information content (AvgIpc) is 3.23. The first kappa shape index (κ1) is 66.0. The van der Waals surface area contributed by atoms with Gasteiger partial charge in [-0.25, -0.2) is 22.4 Å². The summed E-state index contributed by atoms with van der Waals surface area (Å²) in [6.07, 6.45) is -0.662. The highest BCUT2D eigenvalue weighted by atomic mass is 19.3. The molecular formula is C44H65F4N9O6. The zero-order valence-corrected chi connectivity index (χ0v) is 32.9. The Labute approximate surface area is 369 Å². The zero-order chi connectivity index (χ0) is 44.5. The predicted molar refractivity (Wildman–Crippen MR) is 243 cm³/mol. The van der Waals surface area contributed by atoms with Gasteiger partial charge in [0.05, 0.1) is 45.6 Å². The Morgan fingerprint density at radius 3 is 1.38 bits per heavy atom. The Morgan fingerprint density at radius 2 is 1.05 bits per heavy atom. The van der Waals surface area contributed by atoms with E-state index in [4.69, 9.17) is 35.9 Å². The van der Waals surface area contributed by atoms with Gasteiger partial charge in [-0.05, 0) is 54.1 Å². The van der Waals surface area contributed by atoms with Gasteiger partial charge < -0.3 is 24.4 Å². The smallest absolute Gasteiger partial charge is 0.339 e. The number of carboxylic acid groups (broad SMARTS) is 1. The standard InChI is InChI=1S/C12H13F2N3O.C12H15N3O2.C11H11F2N3O3.C5H10.4CH4/c1-2-11(12(13,14)9-16-17-15)18-8-10-6-4-3-5-7-10;1-2-12(11(16)8-14-15-13)17-9-10-6-4-3-5-7-10;12-11(13,7-15-16-14)9(10(17)18)19-6-8-4-2-1-3-5-8;1-4-5(2)3;;;;/h2-7,11H,1,8-9H2;2-7,11-12,16H,1,8-9H2;1-5,9H,6-7H2,(H,17,18);4H,1-3H3;4*1H4/t11-;11-,12+;9-;;;;;/m010...../s1. The number of azide groups is 3. The lowest BCUT2D eigenvalue weighted by Gasteiger charge is -2.22. The largest absolute Gasteiger partial charge is 0.479 e. The highest BCUT2D eigenvalue weighted by molar-refractivity contribution is 5.73. The topological polar surface area (TPSA) is 232 Å². The summed E-state index contributed by atoms with van der Waals surface area (Å²) in [4.78, 5) is 17.9. The number of nitrogens with zero attached hydrogens (tertiary/aromatic N) is 9. The minimum Gasteiger partial charge on any atom is -0.479 e. The van der Waals surface area contributed by atoms with E-state index in [0.29, 0.717) is 12.2 Å². The van der Waals surface area contributed by atoms with Crippen LogP contribution in [0.5, 0.6) is 0 Å². The van der Waals surface area contributed by atoms with Crippen molar-refractivity contribution in [2.75, 3.05) is 19.6 Å². The molecule has 63 heavy (non-hydrogen) atoms. The van der Waals surface area contributed by atoms with Crippen LogP contribution in [0.15, 0.2) is 143 Å². The highest BCUT2D eigenvalue weighted by Gasteiger charge is 2.45. The number of hydrogen-bond donors (Lipinski definition) is 2. The molecule has 0 unspecified atom stereocenters. The minimum absolute atomic E-state index is 0. The third-order valence-corrected chi connectivity index (χ3v) is 7.27. The van der Waals surface area contributed by atoms with Gasteiger partial charge in [0.25, 0.3) is 11.8 Å². The predicted octanol–water partition coefficient (Wildman–Crippen LogP) is 13.3. The molecular weight excluding hydrogens is 827 g/mol. The SMILES string of the molecule is C.C.C.C.C=C[C@H](OCc1ccccc1)C(F)(F)CN=[N+]=[N-].C=C[C@H](OCc1ccccc1)[C@H](O)CN=[N+]=[N-].CC=C(C)C.[N-]=[N+]=NCC(F)(F)[C@@H](OCc1ccccc1)C(=O)O. The number of benzene rings is 3. The molecule has 0 fully saturated rings. The van der Waals surface area contributed by atoms with Crippen molar-refractivity contribution < 1.29 is 46.8 Å². The van der Waals surface area contributed by atoms with Gasteiger partial charge in [0.1, 0.15) is 12.2 Å². The lowest BCUT2D eigenvalue weighted by molar-refractivity contribution is -0.180. The van der Waals surface area contributed by atoms with Crippen molar-refractivity contribution in [3.05, 3.63) is 176 Å². The van der Waals surface area contributed by atoms with E-state index < -0.39 is 55.3 Å². The van der Waals surface area contributed by atoms with E-state index in [9.17, 15) is 27.5 Å². The molecule has 19 heteroatoms. The van der Waals surface area contributed by atoms with E-state index in [1.807, 2.05) is 43.3 Å². The summed E-state index contributed by atoms with van der Waals surface area (Å²) in [6, 6.07) is 26.9. The Balaban J connectivity index is -0.000000246. The number of hydrogen-bond acceptors (Lipinski definition) is 8. The molecule has 0 heterocycles. The van der Waals surface area contributed by atoms with Crippen molar-refractivity contribution in [3.8, 4) is 0 Å². The van der Waals surface area contributed by atoms with Gasteiger partial charge in [-0.3, -0.25) is 0 Å². The maximum atomic E-state index is 13.5. The number of ether oxygens (including phenoxy) is 3. The summed E-state index contributed by atoms with van der Waals surface area (Å²) in [5.74, 6) is -8.84. The molecule has 15 nitrogen and oxygen atoms in total. The van der Waals surface area contributed by atoms with Gasteiger partial charge >= 0.3 is 5.97 Å². The first-order valence-corrected chi connectivity index (χ1v) is 17.6. The number of carbonyl (C=O) groups is 1. The first-order chi connectivity index (χ1) is 28.1. The van der Waals surface area contributed by atoms with Crippen molar-refractivity contribution in [2.24, 2.45) is 15.3 Å². The molecule has 0 bridgehead atoms. The first-order valence-electron chi connectivity index (χ1n) is 17.6. The average molecular weight is 892 g/mol. The normalized spacial score (nSPS) is 11.6. The molecule has 3 aromatic carbocycles. The van der Waals surface area contributed by atoms with Crippen LogP contribution in [0.2, 0.25) is 0 Å². The molecule has 3 aromatic rings. The van der Waals surface area contributed by atoms with Crippen LogP contribution in [0.25, 0.3) is 31.3 Å². The molecule has 0 spiro atoms. The molecule has 3 rings (SSSR count). The number of rotatable bonds is 21. The third-order valence-electron chi connectivity index (χ3n) is 7.27. The summed E-state index contributed by atoms with van der Waals surface area (Å²) in [7, 11) is 0. The molecule has 350 valence electrons. The second-order valence-corrected chi connectivity index (χ2v) is 12.1. The summed E-state index contributed by atoms with van der Waals surface area (Å²) in [5, 5.41) is 27.3. The van der Waals surface area contributed by atoms with Crippen LogP contribution in [0.4, 0.5) is 17.6 Å². The van der Waals surface area contributed by atoms with E-state index in [0.717, 1.165) is 17.2 Å². The van der Waals surface area contributed by atoms with Gasteiger partial charge in [0.15, 0.2) is 0 Å². The molecule has 0 radical (unpaired) electrons. The molecule has 2 N–H and O–H groups in total. The fourth-order valence-electron chi connectivity index (χ4n) is 4.00. The number of alkyl halides is 4. The summed E-state index contributed by atoms with van der Waals surface area (Å²) >= 11 is 0. The monoisotopic (exact) mass is 891 g/mol. The van der Waals surface area contributed by atoms with Gasteiger partial charge in [-0.2, -0.15) is 0 Å². The van der Waals surface area contributed by atoms with Crippen molar-refractivity contribution in [1.29, 1.82) is 0 Å². The van der Waals surface area contributed by atoms with Crippen molar-refractivity contribution in [1.82, 2.24) is 0 Å². The Hall–Kier alpha value is -6.16. The van der Waals surface area contributed by atoms with Crippen LogP contribution in [-0.4, -0.2) is 72.1 Å². The molecule has 0 amide bonds. The summed E-state index contributed by atoms with van der Waals surface area (Å²) < 4.78 is 69.2. The Morgan fingerprint density at radius 1 is 0.683 bits per heavy atom. The third kappa shape index (κ3) is 30.5. The number of carboxylic acids is 1. The second kappa shape index (κ2) is 38.7.